The minimum absolute atomic E-state index is 0.0802. The van der Waals surface area contributed by atoms with Crippen molar-refractivity contribution in [2.24, 2.45) is 0 Å². The van der Waals surface area contributed by atoms with E-state index in [-0.39, 0.29) is 5.91 Å². The van der Waals surface area contributed by atoms with Crippen LogP contribution in [0.5, 0.6) is 0 Å². The third-order valence-corrected chi connectivity index (χ3v) is 3.50. The van der Waals surface area contributed by atoms with Crippen molar-refractivity contribution in [3.8, 4) is 5.69 Å². The number of amides is 1. The maximum atomic E-state index is 12.1. The van der Waals surface area contributed by atoms with Gasteiger partial charge in [-0.05, 0) is 37.5 Å². The molecule has 1 aliphatic rings. The fraction of sp³-hybridized carbons (Fsp3) is 0.375. The lowest BCUT2D eigenvalue weighted by Gasteiger charge is -2.05. The van der Waals surface area contributed by atoms with Crippen LogP contribution < -0.4 is 5.32 Å². The first-order valence-electron chi connectivity index (χ1n) is 7.23. The van der Waals surface area contributed by atoms with Gasteiger partial charge in [0.2, 0.25) is 0 Å². The summed E-state index contributed by atoms with van der Waals surface area (Å²) in [5.41, 5.74) is 2.69. The minimum atomic E-state index is -0.0802. The van der Waals surface area contributed by atoms with Gasteiger partial charge in [-0.3, -0.25) is 4.79 Å². The molecule has 1 amide bonds. The molecule has 0 unspecified atom stereocenters. The van der Waals surface area contributed by atoms with Gasteiger partial charge in [0.15, 0.2) is 5.69 Å². The average molecular weight is 269 g/mol. The first kappa shape index (κ1) is 12.9. The lowest BCUT2D eigenvalue weighted by atomic mass is 10.2. The Morgan fingerprint density at radius 1 is 1.35 bits per heavy atom. The van der Waals surface area contributed by atoms with Crippen LogP contribution in [-0.4, -0.2) is 22.2 Å². The number of hydrogen-bond acceptors (Lipinski definition) is 2. The molecule has 0 aliphatic heterocycles. The van der Waals surface area contributed by atoms with Crippen LogP contribution in [-0.2, 0) is 0 Å². The van der Waals surface area contributed by atoms with Crippen molar-refractivity contribution in [2.45, 2.75) is 32.1 Å². The van der Waals surface area contributed by atoms with E-state index in [1.54, 1.807) is 0 Å². The lowest BCUT2D eigenvalue weighted by molar-refractivity contribution is 0.0948. The zero-order chi connectivity index (χ0) is 13.9. The van der Waals surface area contributed by atoms with Crippen LogP contribution in [0.3, 0.4) is 0 Å². The van der Waals surface area contributed by atoms with E-state index in [1.807, 2.05) is 48.0 Å². The van der Waals surface area contributed by atoms with Gasteiger partial charge in [0.25, 0.3) is 5.91 Å². The van der Waals surface area contributed by atoms with Gasteiger partial charge in [0, 0.05) is 18.2 Å². The maximum Gasteiger partial charge on any atom is 0.271 e. The van der Waals surface area contributed by atoms with E-state index >= 15 is 0 Å². The Labute approximate surface area is 118 Å². The second-order valence-electron chi connectivity index (χ2n) is 5.23. The van der Waals surface area contributed by atoms with Crippen LogP contribution in [0.1, 0.15) is 48.3 Å². The Kier molecular flexibility index (Phi) is 3.54. The molecule has 0 spiro atoms. The van der Waals surface area contributed by atoms with Crippen molar-refractivity contribution in [3.05, 3.63) is 47.8 Å². The quantitative estimate of drug-likeness (QED) is 0.907. The standard InChI is InChI=1S/C16H19N3O/c1-2-10-17-16(20)14-11-15(12-8-9-12)19(18-14)13-6-4-3-5-7-13/h3-7,11-12H,2,8-10H2,1H3,(H,17,20). The summed E-state index contributed by atoms with van der Waals surface area (Å²) in [6.07, 6.45) is 3.31. The normalized spacial score (nSPS) is 14.2. The number of nitrogens with zero attached hydrogens (tertiary/aromatic N) is 2. The van der Waals surface area contributed by atoms with Crippen LogP contribution in [0.2, 0.25) is 0 Å². The lowest BCUT2D eigenvalue weighted by Crippen LogP contribution is -2.24. The zero-order valence-corrected chi connectivity index (χ0v) is 11.7. The van der Waals surface area contributed by atoms with Crippen LogP contribution >= 0.6 is 0 Å². The molecule has 1 aliphatic carbocycles. The summed E-state index contributed by atoms with van der Waals surface area (Å²) in [7, 11) is 0. The maximum absolute atomic E-state index is 12.1. The van der Waals surface area contributed by atoms with Crippen molar-refractivity contribution in [2.75, 3.05) is 6.54 Å². The number of rotatable bonds is 5. The zero-order valence-electron chi connectivity index (χ0n) is 11.7. The van der Waals surface area contributed by atoms with Gasteiger partial charge >= 0.3 is 0 Å². The molecule has 1 saturated carbocycles. The molecule has 0 atom stereocenters. The fourth-order valence-corrected chi connectivity index (χ4v) is 2.28. The third-order valence-electron chi connectivity index (χ3n) is 3.50. The highest BCUT2D eigenvalue weighted by atomic mass is 16.1. The summed E-state index contributed by atoms with van der Waals surface area (Å²) in [5.74, 6) is 0.471. The van der Waals surface area contributed by atoms with Gasteiger partial charge < -0.3 is 5.32 Å². The summed E-state index contributed by atoms with van der Waals surface area (Å²) in [6, 6.07) is 11.9. The SMILES string of the molecule is CCCNC(=O)c1cc(C2CC2)n(-c2ccccc2)n1. The summed E-state index contributed by atoms with van der Waals surface area (Å²) in [5, 5.41) is 7.38. The molecule has 0 radical (unpaired) electrons. The molecule has 0 bridgehead atoms. The number of carbonyl (C=O) groups is 1. The summed E-state index contributed by atoms with van der Waals surface area (Å²) in [4.78, 5) is 12.1. The molecule has 104 valence electrons. The minimum Gasteiger partial charge on any atom is -0.351 e. The molecular weight excluding hydrogens is 250 g/mol. The topological polar surface area (TPSA) is 46.9 Å². The molecule has 2 aromatic rings. The van der Waals surface area contributed by atoms with E-state index in [9.17, 15) is 4.79 Å². The van der Waals surface area contributed by atoms with Crippen LogP contribution in [0.25, 0.3) is 5.69 Å². The number of benzene rings is 1. The smallest absolute Gasteiger partial charge is 0.271 e. The summed E-state index contributed by atoms with van der Waals surface area (Å²) in [6.45, 7) is 2.73. The molecule has 1 heterocycles. The molecular formula is C16H19N3O. The number of para-hydroxylation sites is 1. The number of hydrogen-bond donors (Lipinski definition) is 1. The van der Waals surface area contributed by atoms with Gasteiger partial charge in [-0.15, -0.1) is 0 Å². The van der Waals surface area contributed by atoms with Crippen LogP contribution in [0, 0.1) is 0 Å². The first-order chi connectivity index (χ1) is 9.79. The highest BCUT2D eigenvalue weighted by molar-refractivity contribution is 5.92. The van der Waals surface area contributed by atoms with Crippen molar-refractivity contribution >= 4 is 5.91 Å². The van der Waals surface area contributed by atoms with E-state index in [4.69, 9.17) is 0 Å². The Hall–Kier alpha value is -2.10. The number of aromatic nitrogens is 2. The average Bonchev–Trinajstić information content (AvgIpc) is 3.24. The third kappa shape index (κ3) is 2.59. The second-order valence-corrected chi connectivity index (χ2v) is 5.23. The molecule has 1 aromatic heterocycles. The van der Waals surface area contributed by atoms with E-state index in [2.05, 4.69) is 10.4 Å². The van der Waals surface area contributed by atoms with Gasteiger partial charge in [-0.2, -0.15) is 5.10 Å². The number of carbonyl (C=O) groups excluding carboxylic acids is 1. The predicted molar refractivity (Wildman–Crippen MR) is 78.2 cm³/mol. The largest absolute Gasteiger partial charge is 0.351 e. The van der Waals surface area contributed by atoms with E-state index < -0.39 is 0 Å². The monoisotopic (exact) mass is 269 g/mol. The van der Waals surface area contributed by atoms with Crippen molar-refractivity contribution in [3.63, 3.8) is 0 Å². The van der Waals surface area contributed by atoms with Crippen molar-refractivity contribution in [1.29, 1.82) is 0 Å². The van der Waals surface area contributed by atoms with Crippen LogP contribution in [0.4, 0.5) is 0 Å². The highest BCUT2D eigenvalue weighted by Gasteiger charge is 2.29. The Morgan fingerprint density at radius 3 is 2.75 bits per heavy atom. The van der Waals surface area contributed by atoms with Gasteiger partial charge in [-0.25, -0.2) is 4.68 Å². The fourth-order valence-electron chi connectivity index (χ4n) is 2.28. The van der Waals surface area contributed by atoms with E-state index in [0.29, 0.717) is 18.2 Å². The second kappa shape index (κ2) is 5.49. The van der Waals surface area contributed by atoms with E-state index in [0.717, 1.165) is 17.8 Å². The number of nitrogens with one attached hydrogen (secondary N) is 1. The van der Waals surface area contributed by atoms with E-state index in [1.165, 1.54) is 12.8 Å². The Balaban J connectivity index is 1.93. The molecule has 4 heteroatoms. The molecule has 20 heavy (non-hydrogen) atoms. The van der Waals surface area contributed by atoms with Gasteiger partial charge in [-0.1, -0.05) is 25.1 Å². The molecule has 3 rings (SSSR count). The Morgan fingerprint density at radius 2 is 2.10 bits per heavy atom. The van der Waals surface area contributed by atoms with Crippen molar-refractivity contribution in [1.82, 2.24) is 15.1 Å². The molecule has 0 saturated heterocycles. The predicted octanol–water partition coefficient (Wildman–Crippen LogP) is 2.89. The molecule has 1 N–H and O–H groups in total. The van der Waals surface area contributed by atoms with Crippen molar-refractivity contribution < 1.29 is 4.79 Å². The summed E-state index contributed by atoms with van der Waals surface area (Å²) >= 11 is 0. The van der Waals surface area contributed by atoms with Crippen LogP contribution in [0.15, 0.2) is 36.4 Å². The molecule has 1 fully saturated rings. The molecule has 4 nitrogen and oxygen atoms in total. The van der Waals surface area contributed by atoms with Gasteiger partial charge in [0.05, 0.1) is 5.69 Å². The molecule has 1 aromatic carbocycles. The van der Waals surface area contributed by atoms with Gasteiger partial charge in [0.1, 0.15) is 0 Å². The summed E-state index contributed by atoms with van der Waals surface area (Å²) < 4.78 is 1.92. The first-order valence-corrected chi connectivity index (χ1v) is 7.23. The Bertz CT molecular complexity index is 599. The highest BCUT2D eigenvalue weighted by Crippen LogP contribution is 2.41.